The van der Waals surface area contributed by atoms with E-state index < -0.39 is 0 Å². The smallest absolute Gasteiger partial charge is 0.00107 e. The Balaban J connectivity index is 3.02. The van der Waals surface area contributed by atoms with Gasteiger partial charge in [0.2, 0.25) is 0 Å². The van der Waals surface area contributed by atoms with Crippen LogP contribution in [0.1, 0.15) is 55.9 Å². The third-order valence-corrected chi connectivity index (χ3v) is 4.64. The third-order valence-electron chi connectivity index (χ3n) is 4.64. The van der Waals surface area contributed by atoms with Crippen molar-refractivity contribution in [2.24, 2.45) is 5.41 Å². The summed E-state index contributed by atoms with van der Waals surface area (Å²) in [6.07, 6.45) is 3.68. The summed E-state index contributed by atoms with van der Waals surface area (Å²) < 4.78 is 0. The number of nitrogens with one attached hydrogen (secondary N) is 1. The van der Waals surface area contributed by atoms with Crippen LogP contribution in [0.4, 0.5) is 0 Å². The van der Waals surface area contributed by atoms with E-state index in [9.17, 15) is 0 Å². The molecule has 0 fully saturated rings. The highest BCUT2D eigenvalue weighted by Crippen LogP contribution is 2.33. The molecule has 1 aromatic rings. The van der Waals surface area contributed by atoms with Crippen molar-refractivity contribution in [3.63, 3.8) is 0 Å². The standard InChI is InChI=1S/C18H31N/c1-7-18(8-2,13-19-9-3)12-17-15(5)10-14(4)11-16(17)6/h10-11,19H,7-9,12-13H2,1-6H3. The minimum atomic E-state index is 0.404. The maximum Gasteiger partial charge on any atom is 0.00107 e. The maximum absolute atomic E-state index is 3.56. The van der Waals surface area contributed by atoms with Crippen LogP contribution in [0.3, 0.4) is 0 Å². The molecule has 19 heavy (non-hydrogen) atoms. The van der Waals surface area contributed by atoms with Crippen LogP contribution < -0.4 is 5.32 Å². The van der Waals surface area contributed by atoms with Gasteiger partial charge < -0.3 is 5.32 Å². The van der Waals surface area contributed by atoms with Crippen molar-refractivity contribution < 1.29 is 0 Å². The van der Waals surface area contributed by atoms with Crippen LogP contribution in [-0.2, 0) is 6.42 Å². The fraction of sp³-hybridized carbons (Fsp3) is 0.667. The van der Waals surface area contributed by atoms with Gasteiger partial charge in [0.1, 0.15) is 0 Å². The van der Waals surface area contributed by atoms with Crippen molar-refractivity contribution in [1.29, 1.82) is 0 Å². The zero-order valence-electron chi connectivity index (χ0n) is 13.7. The molecule has 0 spiro atoms. The number of rotatable bonds is 7. The number of hydrogen-bond donors (Lipinski definition) is 1. The van der Waals surface area contributed by atoms with E-state index >= 15 is 0 Å². The molecule has 0 amide bonds. The Kier molecular flexibility index (Phi) is 6.06. The van der Waals surface area contributed by atoms with Gasteiger partial charge in [-0.05, 0) is 68.7 Å². The highest BCUT2D eigenvalue weighted by atomic mass is 14.9. The fourth-order valence-electron chi connectivity index (χ4n) is 3.07. The van der Waals surface area contributed by atoms with Crippen LogP contribution in [-0.4, -0.2) is 13.1 Å². The van der Waals surface area contributed by atoms with Crippen LogP contribution in [0.15, 0.2) is 12.1 Å². The Morgan fingerprint density at radius 2 is 1.47 bits per heavy atom. The molecule has 1 aromatic carbocycles. The largest absolute Gasteiger partial charge is 0.316 e. The predicted molar refractivity (Wildman–Crippen MR) is 85.9 cm³/mol. The molecule has 1 rings (SSSR count). The van der Waals surface area contributed by atoms with Crippen LogP contribution >= 0.6 is 0 Å². The minimum absolute atomic E-state index is 0.404. The fourth-order valence-corrected chi connectivity index (χ4v) is 3.07. The average molecular weight is 261 g/mol. The van der Waals surface area contributed by atoms with Crippen molar-refractivity contribution in [3.05, 3.63) is 34.4 Å². The Morgan fingerprint density at radius 3 is 1.89 bits per heavy atom. The molecule has 0 aliphatic carbocycles. The lowest BCUT2D eigenvalue weighted by molar-refractivity contribution is 0.247. The van der Waals surface area contributed by atoms with Gasteiger partial charge in [0.15, 0.2) is 0 Å². The zero-order chi connectivity index (χ0) is 14.5. The molecule has 0 aliphatic rings. The summed E-state index contributed by atoms with van der Waals surface area (Å²) in [7, 11) is 0. The highest BCUT2D eigenvalue weighted by molar-refractivity contribution is 5.38. The van der Waals surface area contributed by atoms with Crippen LogP contribution in [0.5, 0.6) is 0 Å². The molecular weight excluding hydrogens is 230 g/mol. The summed E-state index contributed by atoms with van der Waals surface area (Å²) in [6, 6.07) is 4.65. The summed E-state index contributed by atoms with van der Waals surface area (Å²) in [6.45, 7) is 15.8. The van der Waals surface area contributed by atoms with Gasteiger partial charge in [-0.3, -0.25) is 0 Å². The van der Waals surface area contributed by atoms with Gasteiger partial charge in [0.25, 0.3) is 0 Å². The van der Waals surface area contributed by atoms with Gasteiger partial charge in [-0.15, -0.1) is 0 Å². The zero-order valence-corrected chi connectivity index (χ0v) is 13.7. The molecule has 1 nitrogen and oxygen atoms in total. The van der Waals surface area contributed by atoms with E-state index in [4.69, 9.17) is 0 Å². The topological polar surface area (TPSA) is 12.0 Å². The lowest BCUT2D eigenvalue weighted by Crippen LogP contribution is -2.35. The molecule has 0 unspecified atom stereocenters. The first-order valence-corrected chi connectivity index (χ1v) is 7.75. The van der Waals surface area contributed by atoms with E-state index in [1.807, 2.05) is 0 Å². The van der Waals surface area contributed by atoms with Crippen LogP contribution in [0.25, 0.3) is 0 Å². The van der Waals surface area contributed by atoms with Gasteiger partial charge in [-0.2, -0.15) is 0 Å². The first-order valence-electron chi connectivity index (χ1n) is 7.75. The molecular formula is C18H31N. The Hall–Kier alpha value is -0.820. The second kappa shape index (κ2) is 7.09. The average Bonchev–Trinajstić information content (AvgIpc) is 2.38. The summed E-state index contributed by atoms with van der Waals surface area (Å²) in [4.78, 5) is 0. The maximum atomic E-state index is 3.56. The molecule has 108 valence electrons. The summed E-state index contributed by atoms with van der Waals surface area (Å²) in [5, 5.41) is 3.56. The molecule has 0 saturated heterocycles. The van der Waals surface area contributed by atoms with E-state index in [1.165, 1.54) is 36.0 Å². The molecule has 1 N–H and O–H groups in total. The molecule has 0 saturated carbocycles. The Morgan fingerprint density at radius 1 is 0.947 bits per heavy atom. The molecule has 0 bridgehead atoms. The van der Waals surface area contributed by atoms with Crippen molar-refractivity contribution in [1.82, 2.24) is 5.32 Å². The van der Waals surface area contributed by atoms with Gasteiger partial charge >= 0.3 is 0 Å². The summed E-state index contributed by atoms with van der Waals surface area (Å²) in [5.74, 6) is 0. The predicted octanol–water partition coefficient (Wildman–Crippen LogP) is 4.57. The van der Waals surface area contributed by atoms with E-state index in [1.54, 1.807) is 5.56 Å². The van der Waals surface area contributed by atoms with E-state index in [2.05, 4.69) is 59.0 Å². The molecule has 0 heterocycles. The molecule has 0 aliphatic heterocycles. The second-order valence-electron chi connectivity index (χ2n) is 6.04. The normalized spacial score (nSPS) is 11.9. The van der Waals surface area contributed by atoms with Crippen LogP contribution in [0.2, 0.25) is 0 Å². The van der Waals surface area contributed by atoms with Gasteiger partial charge in [-0.25, -0.2) is 0 Å². The lowest BCUT2D eigenvalue weighted by Gasteiger charge is -2.33. The molecule has 0 atom stereocenters. The van der Waals surface area contributed by atoms with E-state index in [0.29, 0.717) is 5.41 Å². The summed E-state index contributed by atoms with van der Waals surface area (Å²) in [5.41, 5.74) is 6.26. The number of aryl methyl sites for hydroxylation is 3. The molecule has 0 aromatic heterocycles. The SMILES string of the molecule is CCNCC(CC)(CC)Cc1c(C)cc(C)cc1C. The Labute approximate surface area is 119 Å². The first-order chi connectivity index (χ1) is 8.98. The van der Waals surface area contributed by atoms with Crippen molar-refractivity contribution in [2.45, 2.75) is 60.8 Å². The lowest BCUT2D eigenvalue weighted by atomic mass is 9.75. The van der Waals surface area contributed by atoms with Gasteiger partial charge in [0, 0.05) is 6.54 Å². The number of hydrogen-bond acceptors (Lipinski definition) is 1. The minimum Gasteiger partial charge on any atom is -0.316 e. The van der Waals surface area contributed by atoms with Gasteiger partial charge in [-0.1, -0.05) is 38.5 Å². The quantitative estimate of drug-likeness (QED) is 0.758. The monoisotopic (exact) mass is 261 g/mol. The summed E-state index contributed by atoms with van der Waals surface area (Å²) >= 11 is 0. The van der Waals surface area contributed by atoms with Crippen molar-refractivity contribution >= 4 is 0 Å². The Bertz CT molecular complexity index is 379. The number of benzene rings is 1. The highest BCUT2D eigenvalue weighted by Gasteiger charge is 2.27. The van der Waals surface area contributed by atoms with Crippen molar-refractivity contribution in [3.8, 4) is 0 Å². The van der Waals surface area contributed by atoms with Crippen molar-refractivity contribution in [2.75, 3.05) is 13.1 Å². The third kappa shape index (κ3) is 4.07. The molecule has 1 heteroatoms. The first kappa shape index (κ1) is 16.2. The van der Waals surface area contributed by atoms with E-state index in [0.717, 1.165) is 13.1 Å². The molecule has 0 radical (unpaired) electrons. The van der Waals surface area contributed by atoms with Crippen LogP contribution in [0, 0.1) is 26.2 Å². The van der Waals surface area contributed by atoms with E-state index in [-0.39, 0.29) is 0 Å². The second-order valence-corrected chi connectivity index (χ2v) is 6.04. The van der Waals surface area contributed by atoms with Gasteiger partial charge in [0.05, 0.1) is 0 Å².